The molecule has 5 N–H and O–H groups in total. The molecule has 1 aromatic carbocycles. The minimum Gasteiger partial charge on any atom is -0.394 e. The predicted octanol–water partition coefficient (Wildman–Crippen LogP) is -0.729. The second kappa shape index (κ2) is 7.01. The molecule has 0 heterocycles. The highest BCUT2D eigenvalue weighted by Gasteiger charge is 2.11. The van der Waals surface area contributed by atoms with Gasteiger partial charge >= 0.3 is 0 Å². The van der Waals surface area contributed by atoms with Gasteiger partial charge in [-0.1, -0.05) is 18.2 Å². The van der Waals surface area contributed by atoms with Crippen molar-refractivity contribution in [2.24, 2.45) is 5.73 Å². The standard InChI is InChI=1S/C12H18N2O3/c13-6-5-9-3-1-2-4-11(9)12(17)14-7-10(16)8-15/h1-4,10,15-16H,5-8,13H2,(H,14,17). The molecule has 1 amide bonds. The van der Waals surface area contributed by atoms with E-state index < -0.39 is 6.10 Å². The first-order valence-electron chi connectivity index (χ1n) is 5.54. The van der Waals surface area contributed by atoms with Crippen LogP contribution in [0.3, 0.4) is 0 Å². The number of nitrogens with two attached hydrogens (primary N) is 1. The van der Waals surface area contributed by atoms with Crippen molar-refractivity contribution in [1.82, 2.24) is 5.32 Å². The van der Waals surface area contributed by atoms with Gasteiger partial charge in [0.25, 0.3) is 5.91 Å². The molecule has 0 aliphatic heterocycles. The average molecular weight is 238 g/mol. The lowest BCUT2D eigenvalue weighted by atomic mass is 10.0. The molecule has 1 atom stereocenters. The summed E-state index contributed by atoms with van der Waals surface area (Å²) in [4.78, 5) is 11.8. The monoisotopic (exact) mass is 238 g/mol. The number of carbonyl (C=O) groups excluding carboxylic acids is 1. The van der Waals surface area contributed by atoms with Crippen LogP contribution in [0.25, 0.3) is 0 Å². The number of rotatable bonds is 6. The second-order valence-corrected chi connectivity index (χ2v) is 3.74. The number of benzene rings is 1. The van der Waals surface area contributed by atoms with Gasteiger partial charge in [0, 0.05) is 12.1 Å². The molecule has 0 aliphatic rings. The number of carbonyl (C=O) groups is 1. The van der Waals surface area contributed by atoms with Crippen molar-refractivity contribution >= 4 is 5.91 Å². The summed E-state index contributed by atoms with van der Waals surface area (Å²) in [6.45, 7) is 0.139. The van der Waals surface area contributed by atoms with E-state index >= 15 is 0 Å². The summed E-state index contributed by atoms with van der Waals surface area (Å²) in [6.07, 6.45) is -0.299. The van der Waals surface area contributed by atoms with Crippen LogP contribution >= 0.6 is 0 Å². The van der Waals surface area contributed by atoms with Crippen molar-refractivity contribution in [3.05, 3.63) is 35.4 Å². The van der Waals surface area contributed by atoms with E-state index in [9.17, 15) is 4.79 Å². The molecule has 1 aromatic rings. The van der Waals surface area contributed by atoms with Crippen LogP contribution in [0.2, 0.25) is 0 Å². The lowest BCUT2D eigenvalue weighted by Gasteiger charge is -2.11. The number of amides is 1. The maximum atomic E-state index is 11.8. The van der Waals surface area contributed by atoms with E-state index in [0.29, 0.717) is 18.5 Å². The summed E-state index contributed by atoms with van der Waals surface area (Å²) in [6, 6.07) is 7.19. The normalized spacial score (nSPS) is 12.2. The van der Waals surface area contributed by atoms with Gasteiger partial charge < -0.3 is 21.3 Å². The molecule has 5 nitrogen and oxygen atoms in total. The molecule has 0 spiro atoms. The Kier molecular flexibility index (Phi) is 5.62. The maximum Gasteiger partial charge on any atom is 0.251 e. The Morgan fingerprint density at radius 1 is 1.41 bits per heavy atom. The van der Waals surface area contributed by atoms with E-state index in [2.05, 4.69) is 5.32 Å². The number of nitrogens with one attached hydrogen (secondary N) is 1. The lowest BCUT2D eigenvalue weighted by molar-refractivity contribution is 0.0801. The van der Waals surface area contributed by atoms with Crippen LogP contribution in [0.5, 0.6) is 0 Å². The molecule has 0 aromatic heterocycles. The third-order valence-corrected chi connectivity index (χ3v) is 2.38. The Bertz CT molecular complexity index is 369. The molecule has 0 saturated carbocycles. The number of aliphatic hydroxyl groups excluding tert-OH is 2. The van der Waals surface area contributed by atoms with Crippen LogP contribution in [0.4, 0.5) is 0 Å². The molecule has 17 heavy (non-hydrogen) atoms. The van der Waals surface area contributed by atoms with E-state index in [1.165, 1.54) is 0 Å². The first-order chi connectivity index (χ1) is 8.19. The summed E-state index contributed by atoms with van der Waals surface area (Å²) < 4.78 is 0. The minimum absolute atomic E-state index is 0.0340. The van der Waals surface area contributed by atoms with Gasteiger partial charge in [-0.2, -0.15) is 0 Å². The van der Waals surface area contributed by atoms with Crippen molar-refractivity contribution in [3.8, 4) is 0 Å². The Morgan fingerprint density at radius 2 is 2.12 bits per heavy atom. The van der Waals surface area contributed by atoms with Gasteiger partial charge in [-0.25, -0.2) is 0 Å². The first-order valence-corrected chi connectivity index (χ1v) is 5.54. The van der Waals surface area contributed by atoms with E-state index in [4.69, 9.17) is 15.9 Å². The zero-order chi connectivity index (χ0) is 12.7. The zero-order valence-corrected chi connectivity index (χ0v) is 9.60. The molecule has 0 aliphatic carbocycles. The molecule has 5 heteroatoms. The summed E-state index contributed by atoms with van der Waals surface area (Å²) in [7, 11) is 0. The smallest absolute Gasteiger partial charge is 0.251 e. The quantitative estimate of drug-likeness (QED) is 0.525. The largest absolute Gasteiger partial charge is 0.394 e. The van der Waals surface area contributed by atoms with Crippen LogP contribution in [0.15, 0.2) is 24.3 Å². The van der Waals surface area contributed by atoms with Gasteiger partial charge in [0.15, 0.2) is 0 Å². The fourth-order valence-corrected chi connectivity index (χ4v) is 1.49. The Balaban J connectivity index is 2.67. The highest BCUT2D eigenvalue weighted by molar-refractivity contribution is 5.95. The maximum absolute atomic E-state index is 11.8. The number of aliphatic hydroxyl groups is 2. The summed E-state index contributed by atoms with van der Waals surface area (Å²) in [5.41, 5.74) is 6.91. The zero-order valence-electron chi connectivity index (χ0n) is 9.60. The van der Waals surface area contributed by atoms with Crippen LogP contribution in [0, 0.1) is 0 Å². The van der Waals surface area contributed by atoms with E-state index in [0.717, 1.165) is 5.56 Å². The molecule has 0 saturated heterocycles. The Labute approximate surface area is 100 Å². The summed E-state index contributed by atoms with van der Waals surface area (Å²) in [5, 5.41) is 20.3. The topological polar surface area (TPSA) is 95.6 Å². The molecular formula is C12H18N2O3. The third-order valence-electron chi connectivity index (χ3n) is 2.38. The lowest BCUT2D eigenvalue weighted by Crippen LogP contribution is -2.34. The fourth-order valence-electron chi connectivity index (χ4n) is 1.49. The van der Waals surface area contributed by atoms with Crippen LogP contribution in [-0.4, -0.2) is 41.9 Å². The van der Waals surface area contributed by atoms with Crippen LogP contribution < -0.4 is 11.1 Å². The molecule has 0 bridgehead atoms. The van der Waals surface area contributed by atoms with Crippen LogP contribution in [-0.2, 0) is 6.42 Å². The van der Waals surface area contributed by atoms with E-state index in [-0.39, 0.29) is 19.1 Å². The van der Waals surface area contributed by atoms with Gasteiger partial charge in [-0.05, 0) is 24.6 Å². The molecule has 0 radical (unpaired) electrons. The number of hydrogen-bond acceptors (Lipinski definition) is 4. The van der Waals surface area contributed by atoms with Gasteiger partial charge in [0.1, 0.15) is 0 Å². The summed E-state index contributed by atoms with van der Waals surface area (Å²) in [5.74, 6) is -0.262. The van der Waals surface area contributed by atoms with Crippen molar-refractivity contribution < 1.29 is 15.0 Å². The van der Waals surface area contributed by atoms with Gasteiger partial charge in [0.05, 0.1) is 12.7 Å². The Morgan fingerprint density at radius 3 is 2.76 bits per heavy atom. The highest BCUT2D eigenvalue weighted by Crippen LogP contribution is 2.08. The molecule has 94 valence electrons. The minimum atomic E-state index is -0.930. The highest BCUT2D eigenvalue weighted by atomic mass is 16.3. The van der Waals surface area contributed by atoms with Crippen molar-refractivity contribution in [2.75, 3.05) is 19.7 Å². The van der Waals surface area contributed by atoms with Crippen molar-refractivity contribution in [3.63, 3.8) is 0 Å². The average Bonchev–Trinajstić information content (AvgIpc) is 2.36. The second-order valence-electron chi connectivity index (χ2n) is 3.74. The van der Waals surface area contributed by atoms with E-state index in [1.54, 1.807) is 12.1 Å². The van der Waals surface area contributed by atoms with Crippen molar-refractivity contribution in [1.29, 1.82) is 0 Å². The van der Waals surface area contributed by atoms with Crippen molar-refractivity contribution in [2.45, 2.75) is 12.5 Å². The SMILES string of the molecule is NCCc1ccccc1C(=O)NCC(O)CO. The van der Waals surface area contributed by atoms with Crippen LogP contribution in [0.1, 0.15) is 15.9 Å². The Hall–Kier alpha value is -1.43. The molecular weight excluding hydrogens is 220 g/mol. The molecule has 0 fully saturated rings. The fraction of sp³-hybridized carbons (Fsp3) is 0.417. The third kappa shape index (κ3) is 4.14. The van der Waals surface area contributed by atoms with Gasteiger partial charge in [-0.3, -0.25) is 4.79 Å². The van der Waals surface area contributed by atoms with E-state index in [1.807, 2.05) is 12.1 Å². The first kappa shape index (κ1) is 13.6. The van der Waals surface area contributed by atoms with Gasteiger partial charge in [-0.15, -0.1) is 0 Å². The number of hydrogen-bond donors (Lipinski definition) is 4. The summed E-state index contributed by atoms with van der Waals surface area (Å²) >= 11 is 0. The van der Waals surface area contributed by atoms with Gasteiger partial charge in [0.2, 0.25) is 0 Å². The predicted molar refractivity (Wildman–Crippen MR) is 64.6 cm³/mol. The molecule has 1 rings (SSSR count). The molecule has 1 unspecified atom stereocenters.